The van der Waals surface area contributed by atoms with Crippen molar-refractivity contribution < 1.29 is 32.0 Å². The van der Waals surface area contributed by atoms with Crippen molar-refractivity contribution in [2.75, 3.05) is 0 Å². The van der Waals surface area contributed by atoms with E-state index in [1.54, 1.807) is 18.2 Å². The topological polar surface area (TPSA) is 61.6 Å². The third kappa shape index (κ3) is 4.23. The van der Waals surface area contributed by atoms with E-state index in [9.17, 15) is 18.0 Å². The lowest BCUT2D eigenvalue weighted by Crippen LogP contribution is -2.15. The average molecular weight is 432 g/mol. The second-order valence-electron chi connectivity index (χ2n) is 5.49. The van der Waals surface area contributed by atoms with Gasteiger partial charge in [-0.15, -0.1) is 0 Å². The van der Waals surface area contributed by atoms with E-state index in [1.807, 2.05) is 0 Å². The lowest BCUT2D eigenvalue weighted by atomic mass is 10.1. The van der Waals surface area contributed by atoms with Gasteiger partial charge in [-0.1, -0.05) is 40.5 Å². The van der Waals surface area contributed by atoms with Gasteiger partial charge in [0.05, 0.1) is 15.6 Å². The predicted octanol–water partition coefficient (Wildman–Crippen LogP) is 6.55. The van der Waals surface area contributed by atoms with E-state index in [1.165, 1.54) is 13.0 Å². The Bertz CT molecular complexity index is 1010. The van der Waals surface area contributed by atoms with Gasteiger partial charge >= 0.3 is 12.3 Å². The van der Waals surface area contributed by atoms with Crippen LogP contribution >= 0.6 is 23.2 Å². The predicted molar refractivity (Wildman–Crippen MR) is 94.8 cm³/mol. The number of benzene rings is 2. The molecule has 0 fully saturated rings. The first-order valence-corrected chi connectivity index (χ1v) is 8.40. The fourth-order valence-electron chi connectivity index (χ4n) is 2.30. The summed E-state index contributed by atoms with van der Waals surface area (Å²) in [6.45, 7) is 1.47. The maximum atomic E-state index is 12.8. The van der Waals surface area contributed by atoms with Crippen molar-refractivity contribution in [1.82, 2.24) is 5.16 Å². The molecule has 3 rings (SSSR count). The van der Waals surface area contributed by atoms with Crippen LogP contribution in [0, 0.1) is 6.92 Å². The Labute approximate surface area is 166 Å². The highest BCUT2D eigenvalue weighted by Gasteiger charge is 2.31. The minimum absolute atomic E-state index is 0.0501. The lowest BCUT2D eigenvalue weighted by Gasteiger charge is -2.10. The molecule has 0 saturated carbocycles. The molecule has 5 nitrogen and oxygen atoms in total. The Balaban J connectivity index is 1.86. The number of rotatable bonds is 3. The summed E-state index contributed by atoms with van der Waals surface area (Å²) < 4.78 is 53.2. The van der Waals surface area contributed by atoms with Gasteiger partial charge < -0.3 is 14.0 Å². The highest BCUT2D eigenvalue weighted by atomic mass is 35.5. The van der Waals surface area contributed by atoms with Crippen LogP contribution in [0.15, 0.2) is 47.0 Å². The van der Waals surface area contributed by atoms with Crippen molar-refractivity contribution in [3.8, 4) is 22.8 Å². The fraction of sp³-hybridized carbons (Fsp3) is 0.111. The smallest absolute Gasteiger partial charge is 0.395 e. The van der Waals surface area contributed by atoms with Gasteiger partial charge in [-0.25, -0.2) is 4.79 Å². The van der Waals surface area contributed by atoms with Gasteiger partial charge in [0.2, 0.25) is 5.75 Å². The van der Waals surface area contributed by atoms with Crippen molar-refractivity contribution in [2.45, 2.75) is 13.1 Å². The molecule has 3 aromatic rings. The minimum atomic E-state index is -4.58. The van der Waals surface area contributed by atoms with Crippen LogP contribution in [0.25, 0.3) is 11.3 Å². The number of hydrogen-bond acceptors (Lipinski definition) is 5. The normalized spacial score (nSPS) is 11.4. The molecular weight excluding hydrogens is 422 g/mol. The average Bonchev–Trinajstić information content (AvgIpc) is 2.95. The molecule has 0 saturated heterocycles. The molecule has 0 aliphatic carbocycles. The van der Waals surface area contributed by atoms with E-state index in [0.717, 1.165) is 12.1 Å². The number of nitrogens with zero attached hydrogens (tertiary/aromatic N) is 1. The highest BCUT2D eigenvalue weighted by Crippen LogP contribution is 2.40. The highest BCUT2D eigenvalue weighted by molar-refractivity contribution is 6.39. The lowest BCUT2D eigenvalue weighted by molar-refractivity contribution is -0.137. The Hall–Kier alpha value is -2.71. The first-order valence-electron chi connectivity index (χ1n) is 7.64. The van der Waals surface area contributed by atoms with Crippen LogP contribution in [0.3, 0.4) is 0 Å². The van der Waals surface area contributed by atoms with Crippen molar-refractivity contribution >= 4 is 29.4 Å². The molecule has 0 aliphatic heterocycles. The van der Waals surface area contributed by atoms with Gasteiger partial charge in [-0.3, -0.25) is 0 Å². The molecule has 2 aromatic carbocycles. The molecule has 0 aliphatic rings. The summed E-state index contributed by atoms with van der Waals surface area (Å²) in [5, 5.41) is 4.26. The van der Waals surface area contributed by atoms with Crippen LogP contribution in [0.2, 0.25) is 10.0 Å². The molecule has 1 aromatic heterocycles. The number of carbonyl (C=O) groups is 1. The van der Waals surface area contributed by atoms with Crippen molar-refractivity contribution in [1.29, 1.82) is 0 Å². The molecule has 0 atom stereocenters. The van der Waals surface area contributed by atoms with Crippen molar-refractivity contribution in [3.05, 3.63) is 63.8 Å². The molecule has 0 amide bonds. The van der Waals surface area contributed by atoms with Crippen molar-refractivity contribution in [2.24, 2.45) is 0 Å². The number of aromatic nitrogens is 1. The zero-order valence-electron chi connectivity index (χ0n) is 14.0. The van der Waals surface area contributed by atoms with Crippen LogP contribution in [0.4, 0.5) is 18.0 Å². The molecule has 0 unspecified atom stereocenters. The monoisotopic (exact) mass is 431 g/mol. The number of aryl methyl sites for hydroxylation is 1. The number of carbonyl (C=O) groups excluding carboxylic acids is 1. The summed E-state index contributed by atoms with van der Waals surface area (Å²) in [5.74, 6) is -0.342. The molecule has 146 valence electrons. The summed E-state index contributed by atoms with van der Waals surface area (Å²) in [7, 11) is 0. The summed E-state index contributed by atoms with van der Waals surface area (Å²) in [6, 6.07) is 8.53. The van der Waals surface area contributed by atoms with E-state index in [0.29, 0.717) is 6.07 Å². The molecule has 0 bridgehead atoms. The maximum absolute atomic E-state index is 12.8. The number of alkyl halides is 3. The van der Waals surface area contributed by atoms with Crippen LogP contribution in [0.1, 0.15) is 11.3 Å². The number of hydrogen-bond donors (Lipinski definition) is 0. The van der Waals surface area contributed by atoms with Crippen LogP contribution in [-0.2, 0) is 6.18 Å². The van der Waals surface area contributed by atoms with Crippen LogP contribution < -0.4 is 9.47 Å². The largest absolute Gasteiger partial charge is 0.519 e. The number of halogens is 5. The molecular formula is C18H10Cl2F3NO4. The van der Waals surface area contributed by atoms with Gasteiger partial charge in [-0.2, -0.15) is 13.2 Å². The summed E-state index contributed by atoms with van der Waals surface area (Å²) >= 11 is 12.3. The first kappa shape index (κ1) is 20.0. The van der Waals surface area contributed by atoms with Crippen LogP contribution in [0.5, 0.6) is 11.5 Å². The molecule has 1 heterocycles. The molecule has 0 N–H and O–H groups in total. The van der Waals surface area contributed by atoms with Gasteiger partial charge in [0, 0.05) is 12.5 Å². The van der Waals surface area contributed by atoms with E-state index in [-0.39, 0.29) is 38.6 Å². The zero-order valence-corrected chi connectivity index (χ0v) is 15.5. The summed E-state index contributed by atoms with van der Waals surface area (Å²) in [5.41, 5.74) is -0.652. The van der Waals surface area contributed by atoms with E-state index < -0.39 is 17.9 Å². The summed E-state index contributed by atoms with van der Waals surface area (Å²) in [6.07, 6.45) is -5.86. The van der Waals surface area contributed by atoms with Crippen molar-refractivity contribution in [3.63, 3.8) is 0 Å². The molecule has 28 heavy (non-hydrogen) atoms. The summed E-state index contributed by atoms with van der Waals surface area (Å²) in [4.78, 5) is 12.1. The first-order chi connectivity index (χ1) is 13.2. The molecule has 10 heteroatoms. The van der Waals surface area contributed by atoms with Crippen LogP contribution in [-0.4, -0.2) is 11.3 Å². The SMILES string of the molecule is Cc1onc(-c2c(Cl)cccc2Cl)c1OC(=O)Oc1cccc(C(F)(F)F)c1. The Morgan fingerprint density at radius 1 is 1.07 bits per heavy atom. The second-order valence-corrected chi connectivity index (χ2v) is 6.31. The van der Waals surface area contributed by atoms with E-state index in [4.69, 9.17) is 37.2 Å². The third-order valence-electron chi connectivity index (χ3n) is 3.56. The minimum Gasteiger partial charge on any atom is -0.395 e. The molecule has 0 spiro atoms. The Kier molecular flexibility index (Phi) is 5.53. The maximum Gasteiger partial charge on any atom is 0.519 e. The molecule has 0 radical (unpaired) electrons. The van der Waals surface area contributed by atoms with Gasteiger partial charge in [0.15, 0.2) is 11.5 Å². The van der Waals surface area contributed by atoms with Gasteiger partial charge in [0.1, 0.15) is 5.75 Å². The Morgan fingerprint density at radius 2 is 1.71 bits per heavy atom. The quantitative estimate of drug-likeness (QED) is 0.347. The fourth-order valence-corrected chi connectivity index (χ4v) is 2.88. The standard InChI is InChI=1S/C18H10Cl2F3NO4/c1-9-16(15(24-28-9)14-12(19)6-3-7-13(14)20)27-17(25)26-11-5-2-4-10(8-11)18(21,22)23/h2-8H,1H3. The zero-order chi connectivity index (χ0) is 20.5. The van der Waals surface area contributed by atoms with Gasteiger partial charge in [0.25, 0.3) is 0 Å². The van der Waals surface area contributed by atoms with E-state index >= 15 is 0 Å². The van der Waals surface area contributed by atoms with Gasteiger partial charge in [-0.05, 0) is 30.3 Å². The Morgan fingerprint density at radius 3 is 2.36 bits per heavy atom. The second kappa shape index (κ2) is 7.73. The number of ether oxygens (including phenoxy) is 2. The van der Waals surface area contributed by atoms with E-state index in [2.05, 4.69) is 5.16 Å². The third-order valence-corrected chi connectivity index (χ3v) is 4.19.